The molecule has 0 aliphatic heterocycles. The molecule has 0 amide bonds. The van der Waals surface area contributed by atoms with Crippen LogP contribution >= 0.6 is 0 Å². The number of nitrogens with zero attached hydrogens (tertiary/aromatic N) is 3. The van der Waals surface area contributed by atoms with E-state index in [9.17, 15) is 0 Å². The predicted molar refractivity (Wildman–Crippen MR) is 106 cm³/mol. The van der Waals surface area contributed by atoms with Crippen LogP contribution in [0.5, 0.6) is 0 Å². The molecule has 0 unspecified atom stereocenters. The molecule has 2 aromatic heterocycles. The minimum absolute atomic E-state index is 0.893. The quantitative estimate of drug-likeness (QED) is 0.495. The fourth-order valence-corrected chi connectivity index (χ4v) is 3.59. The molecule has 3 nitrogen and oxygen atoms in total. The van der Waals surface area contributed by atoms with Crippen LogP contribution in [0.3, 0.4) is 0 Å². The fraction of sp³-hybridized carbons (Fsp3) is 0.174. The van der Waals surface area contributed by atoms with E-state index in [1.807, 2.05) is 6.20 Å². The lowest BCUT2D eigenvalue weighted by molar-refractivity contribution is -0.659. The highest BCUT2D eigenvalue weighted by Crippen LogP contribution is 2.32. The second-order valence-corrected chi connectivity index (χ2v) is 6.92. The summed E-state index contributed by atoms with van der Waals surface area (Å²) in [6.45, 7) is 6.55. The summed E-state index contributed by atoms with van der Waals surface area (Å²) in [7, 11) is 2.11. The maximum absolute atomic E-state index is 4.46. The molecule has 0 aliphatic rings. The molecule has 3 heteroatoms. The number of rotatable bonds is 2. The molecule has 2 heterocycles. The van der Waals surface area contributed by atoms with Gasteiger partial charge in [-0.15, -0.1) is 0 Å². The van der Waals surface area contributed by atoms with Crippen LogP contribution in [-0.4, -0.2) is 9.97 Å². The van der Waals surface area contributed by atoms with Gasteiger partial charge in [-0.25, -0.2) is 4.57 Å². The van der Waals surface area contributed by atoms with Gasteiger partial charge >= 0.3 is 0 Å². The van der Waals surface area contributed by atoms with Crippen molar-refractivity contribution in [3.63, 3.8) is 0 Å². The summed E-state index contributed by atoms with van der Waals surface area (Å²) in [6.07, 6.45) is 7.39. The first-order valence-corrected chi connectivity index (χ1v) is 8.81. The van der Waals surface area contributed by atoms with Gasteiger partial charge in [-0.2, -0.15) is 0 Å². The molecular weight excluding hydrogens is 318 g/mol. The van der Waals surface area contributed by atoms with E-state index in [1.54, 1.807) is 12.4 Å². The molecule has 128 valence electrons. The average Bonchev–Trinajstić information content (AvgIpc) is 2.65. The minimum Gasteiger partial charge on any atom is -0.261 e. The van der Waals surface area contributed by atoms with E-state index in [0.717, 1.165) is 11.3 Å². The molecule has 4 aromatic rings. The predicted octanol–water partition coefficient (Wildman–Crippen LogP) is 4.71. The molecule has 0 fully saturated rings. The maximum Gasteiger partial charge on any atom is 0.220 e. The number of fused-ring (bicyclic) bond motifs is 1. The third kappa shape index (κ3) is 2.76. The van der Waals surface area contributed by atoms with Crippen molar-refractivity contribution in [1.82, 2.24) is 9.97 Å². The second kappa shape index (κ2) is 6.34. The lowest BCUT2D eigenvalue weighted by atomic mass is 9.94. The van der Waals surface area contributed by atoms with E-state index in [0.29, 0.717) is 0 Å². The molecule has 0 radical (unpaired) electrons. The largest absolute Gasteiger partial charge is 0.261 e. The van der Waals surface area contributed by atoms with Gasteiger partial charge in [0, 0.05) is 24.0 Å². The van der Waals surface area contributed by atoms with Gasteiger partial charge < -0.3 is 0 Å². The topological polar surface area (TPSA) is 29.7 Å². The fourth-order valence-electron chi connectivity index (χ4n) is 3.59. The Balaban J connectivity index is 2.04. The Hall–Kier alpha value is -3.07. The van der Waals surface area contributed by atoms with Crippen molar-refractivity contribution >= 4 is 10.8 Å². The van der Waals surface area contributed by atoms with E-state index in [1.165, 1.54) is 38.7 Å². The SMILES string of the molecule is Cc1cc(C)c(C)c(-c2c3cc(-c4cnccn4)ccc3cc[n+]2C)c1. The zero-order valence-corrected chi connectivity index (χ0v) is 15.6. The van der Waals surface area contributed by atoms with Crippen LogP contribution in [0.15, 0.2) is 61.2 Å². The van der Waals surface area contributed by atoms with Crippen molar-refractivity contribution in [2.24, 2.45) is 7.05 Å². The molecule has 0 saturated heterocycles. The Labute approximate surface area is 154 Å². The average molecular weight is 340 g/mol. The molecule has 0 aliphatic carbocycles. The van der Waals surface area contributed by atoms with Crippen LogP contribution in [0, 0.1) is 20.8 Å². The Morgan fingerprint density at radius 2 is 1.77 bits per heavy atom. The third-order valence-corrected chi connectivity index (χ3v) is 5.06. The number of pyridine rings is 1. The van der Waals surface area contributed by atoms with E-state index in [-0.39, 0.29) is 0 Å². The van der Waals surface area contributed by atoms with E-state index in [2.05, 4.69) is 84.9 Å². The molecule has 2 aromatic carbocycles. The summed E-state index contributed by atoms with van der Waals surface area (Å²) in [5.74, 6) is 0. The van der Waals surface area contributed by atoms with Crippen molar-refractivity contribution in [3.05, 3.63) is 77.9 Å². The summed E-state index contributed by atoms with van der Waals surface area (Å²) >= 11 is 0. The van der Waals surface area contributed by atoms with Crippen LogP contribution in [0.25, 0.3) is 33.3 Å². The first kappa shape index (κ1) is 16.4. The highest BCUT2D eigenvalue weighted by atomic mass is 14.9. The summed E-state index contributed by atoms with van der Waals surface area (Å²) in [5, 5.41) is 2.45. The smallest absolute Gasteiger partial charge is 0.220 e. The van der Waals surface area contributed by atoms with Gasteiger partial charge in [-0.1, -0.05) is 23.8 Å². The molecule has 0 bridgehead atoms. The number of hydrogen-bond acceptors (Lipinski definition) is 2. The lowest BCUT2D eigenvalue weighted by Gasteiger charge is -2.12. The van der Waals surface area contributed by atoms with Crippen LogP contribution in [-0.2, 0) is 7.05 Å². The zero-order chi connectivity index (χ0) is 18.3. The Kier molecular flexibility index (Phi) is 4.00. The summed E-state index contributed by atoms with van der Waals surface area (Å²) < 4.78 is 2.21. The first-order chi connectivity index (χ1) is 12.5. The van der Waals surface area contributed by atoms with Crippen molar-refractivity contribution in [2.75, 3.05) is 0 Å². The molecular formula is C23H22N3+. The van der Waals surface area contributed by atoms with Gasteiger partial charge in [-0.05, 0) is 49.4 Å². The maximum atomic E-state index is 4.46. The van der Waals surface area contributed by atoms with Crippen LogP contribution in [0.4, 0.5) is 0 Å². The summed E-state index contributed by atoms with van der Waals surface area (Å²) in [4.78, 5) is 8.67. The van der Waals surface area contributed by atoms with Gasteiger partial charge in [0.1, 0.15) is 7.05 Å². The molecule has 4 rings (SSSR count). The summed E-state index contributed by atoms with van der Waals surface area (Å²) in [6, 6.07) is 13.2. The van der Waals surface area contributed by atoms with Crippen LogP contribution < -0.4 is 4.57 Å². The standard InChI is InChI=1S/C23H22N3/c1-15-11-16(2)17(3)20(12-15)23-21-13-19(22-14-24-8-9-25-22)6-5-18(21)7-10-26(23)4/h5-14H,1-4H3/q+1. The van der Waals surface area contributed by atoms with E-state index >= 15 is 0 Å². The lowest BCUT2D eigenvalue weighted by Crippen LogP contribution is -2.30. The monoisotopic (exact) mass is 340 g/mol. The van der Waals surface area contributed by atoms with E-state index < -0.39 is 0 Å². The van der Waals surface area contributed by atoms with Crippen LogP contribution in [0.1, 0.15) is 16.7 Å². The molecule has 0 spiro atoms. The number of benzene rings is 2. The molecule has 0 saturated carbocycles. The van der Waals surface area contributed by atoms with Gasteiger partial charge in [0.2, 0.25) is 5.69 Å². The number of aryl methyl sites for hydroxylation is 3. The molecule has 0 N–H and O–H groups in total. The van der Waals surface area contributed by atoms with Gasteiger partial charge in [0.15, 0.2) is 6.20 Å². The van der Waals surface area contributed by atoms with Crippen molar-refractivity contribution < 1.29 is 4.57 Å². The molecule has 0 atom stereocenters. The third-order valence-electron chi connectivity index (χ3n) is 5.06. The molecule has 26 heavy (non-hydrogen) atoms. The van der Waals surface area contributed by atoms with Crippen molar-refractivity contribution in [3.8, 4) is 22.5 Å². The van der Waals surface area contributed by atoms with Crippen LogP contribution in [0.2, 0.25) is 0 Å². The van der Waals surface area contributed by atoms with Gasteiger partial charge in [0.25, 0.3) is 0 Å². The highest BCUT2D eigenvalue weighted by Gasteiger charge is 2.19. The zero-order valence-electron chi connectivity index (χ0n) is 15.6. The normalized spacial score (nSPS) is 11.1. The Morgan fingerprint density at radius 1 is 0.923 bits per heavy atom. The van der Waals surface area contributed by atoms with Crippen molar-refractivity contribution in [1.29, 1.82) is 0 Å². The Bertz CT molecular complexity index is 1120. The minimum atomic E-state index is 0.893. The second-order valence-electron chi connectivity index (χ2n) is 6.92. The first-order valence-electron chi connectivity index (χ1n) is 8.81. The van der Waals surface area contributed by atoms with E-state index in [4.69, 9.17) is 0 Å². The van der Waals surface area contributed by atoms with Crippen molar-refractivity contribution in [2.45, 2.75) is 20.8 Å². The Morgan fingerprint density at radius 3 is 2.54 bits per heavy atom. The summed E-state index contributed by atoms with van der Waals surface area (Å²) in [5.41, 5.74) is 8.42. The number of aromatic nitrogens is 3. The highest BCUT2D eigenvalue weighted by molar-refractivity contribution is 5.96. The van der Waals surface area contributed by atoms with Gasteiger partial charge in [0.05, 0.1) is 22.8 Å². The van der Waals surface area contributed by atoms with Gasteiger partial charge in [-0.3, -0.25) is 9.97 Å². The number of hydrogen-bond donors (Lipinski definition) is 0.